The van der Waals surface area contributed by atoms with Gasteiger partial charge in [-0.05, 0) is 23.6 Å². The van der Waals surface area contributed by atoms with Gasteiger partial charge < -0.3 is 20.5 Å². The van der Waals surface area contributed by atoms with E-state index < -0.39 is 24.8 Å². The Bertz CT molecular complexity index is 829. The Balaban J connectivity index is 1.53. The topological polar surface area (TPSA) is 83.5 Å². The van der Waals surface area contributed by atoms with E-state index in [1.54, 1.807) is 0 Å². The number of halogens is 3. The minimum Gasteiger partial charge on any atom is -0.468 e. The molecule has 1 aliphatic heterocycles. The lowest BCUT2D eigenvalue weighted by molar-refractivity contribution is -0.154. The van der Waals surface area contributed by atoms with Crippen LogP contribution in [0.25, 0.3) is 0 Å². The minimum atomic E-state index is -4.49. The quantitative estimate of drug-likeness (QED) is 0.695. The van der Waals surface area contributed by atoms with Gasteiger partial charge >= 0.3 is 6.18 Å². The van der Waals surface area contributed by atoms with E-state index in [-0.39, 0.29) is 24.0 Å². The molecule has 2 heterocycles. The highest BCUT2D eigenvalue weighted by atomic mass is 19.4. The molecule has 1 amide bonds. The Morgan fingerprint density at radius 2 is 2.07 bits per heavy atom. The molecule has 3 N–H and O–H groups in total. The van der Waals surface area contributed by atoms with Gasteiger partial charge in [0.05, 0.1) is 6.10 Å². The van der Waals surface area contributed by atoms with Gasteiger partial charge in [-0.25, -0.2) is 4.98 Å². The van der Waals surface area contributed by atoms with E-state index in [0.29, 0.717) is 13.0 Å². The largest absolute Gasteiger partial charge is 0.468 e. The Hall–Kier alpha value is -2.65. The monoisotopic (exact) mass is 395 g/mol. The Kier molecular flexibility index (Phi) is 6.15. The van der Waals surface area contributed by atoms with E-state index >= 15 is 0 Å². The van der Waals surface area contributed by atoms with E-state index in [0.717, 1.165) is 11.6 Å². The first-order chi connectivity index (χ1) is 13.3. The maximum absolute atomic E-state index is 12.2. The van der Waals surface area contributed by atoms with Crippen molar-refractivity contribution in [3.05, 3.63) is 59.3 Å². The summed E-state index contributed by atoms with van der Waals surface area (Å²) in [5.74, 6) is -0.828. The van der Waals surface area contributed by atoms with E-state index in [1.165, 1.54) is 17.8 Å². The summed E-state index contributed by atoms with van der Waals surface area (Å²) in [5.41, 5.74) is 2.43. The van der Waals surface area contributed by atoms with E-state index in [9.17, 15) is 23.1 Å². The molecule has 6 nitrogen and oxygen atoms in total. The first-order valence-corrected chi connectivity index (χ1v) is 8.74. The number of benzene rings is 1. The van der Waals surface area contributed by atoms with Gasteiger partial charge in [-0.2, -0.15) is 13.2 Å². The second-order valence-electron chi connectivity index (χ2n) is 6.52. The number of ether oxygens (including phenoxy) is 1. The second kappa shape index (κ2) is 8.57. The number of aromatic nitrogens is 1. The number of pyridine rings is 1. The zero-order chi connectivity index (χ0) is 20.1. The average molecular weight is 395 g/mol. The molecule has 3 rings (SSSR count). The molecule has 1 aromatic carbocycles. The lowest BCUT2D eigenvalue weighted by Crippen LogP contribution is -2.49. The number of rotatable bonds is 6. The first kappa shape index (κ1) is 20.1. The van der Waals surface area contributed by atoms with Gasteiger partial charge in [-0.1, -0.05) is 24.3 Å². The van der Waals surface area contributed by atoms with Gasteiger partial charge in [0.1, 0.15) is 0 Å². The molecular formula is C19H20F3N3O3. The lowest BCUT2D eigenvalue weighted by Gasteiger charge is -2.30. The van der Waals surface area contributed by atoms with Crippen molar-refractivity contribution < 1.29 is 27.8 Å². The fraction of sp³-hybridized carbons (Fsp3) is 0.368. The van der Waals surface area contributed by atoms with Gasteiger partial charge in [0, 0.05) is 37.0 Å². The number of nitrogens with one attached hydrogen (secondary N) is 2. The van der Waals surface area contributed by atoms with E-state index in [2.05, 4.69) is 20.4 Å². The number of alkyl halides is 3. The molecule has 0 radical (unpaired) electrons. The summed E-state index contributed by atoms with van der Waals surface area (Å²) in [6.07, 6.45) is -3.48. The Morgan fingerprint density at radius 1 is 1.32 bits per heavy atom. The second-order valence-corrected chi connectivity index (χ2v) is 6.52. The van der Waals surface area contributed by atoms with Gasteiger partial charge in [-0.15, -0.1) is 0 Å². The highest BCUT2D eigenvalue weighted by Gasteiger charge is 2.29. The summed E-state index contributed by atoms with van der Waals surface area (Å²) < 4.78 is 41.2. The van der Waals surface area contributed by atoms with E-state index in [1.807, 2.05) is 24.3 Å². The molecule has 0 bridgehead atoms. The summed E-state index contributed by atoms with van der Waals surface area (Å²) >= 11 is 0. The molecule has 0 saturated carbocycles. The van der Waals surface area contributed by atoms with E-state index in [4.69, 9.17) is 0 Å². The number of aliphatic hydroxyl groups is 1. The summed E-state index contributed by atoms with van der Waals surface area (Å²) in [7, 11) is 0. The van der Waals surface area contributed by atoms with Crippen molar-refractivity contribution in [1.82, 2.24) is 15.6 Å². The van der Waals surface area contributed by atoms with Gasteiger partial charge in [-0.3, -0.25) is 4.79 Å². The third kappa shape index (κ3) is 5.43. The van der Waals surface area contributed by atoms with Gasteiger partial charge in [0.15, 0.2) is 6.61 Å². The zero-order valence-corrected chi connectivity index (χ0v) is 14.9. The highest BCUT2D eigenvalue weighted by Crippen LogP contribution is 2.19. The minimum absolute atomic E-state index is 0.000267. The first-order valence-electron chi connectivity index (χ1n) is 8.74. The third-order valence-corrected chi connectivity index (χ3v) is 4.43. The third-order valence-electron chi connectivity index (χ3n) is 4.43. The molecule has 0 spiro atoms. The molecule has 28 heavy (non-hydrogen) atoms. The fourth-order valence-electron chi connectivity index (χ4n) is 2.98. The van der Waals surface area contributed by atoms with Crippen molar-refractivity contribution in [2.24, 2.45) is 0 Å². The van der Waals surface area contributed by atoms with Crippen LogP contribution in [0.4, 0.5) is 13.2 Å². The molecule has 2 aromatic rings. The smallest absolute Gasteiger partial charge is 0.422 e. The molecule has 150 valence electrons. The summed E-state index contributed by atoms with van der Waals surface area (Å²) in [6.45, 7) is -0.853. The van der Waals surface area contributed by atoms with Crippen LogP contribution >= 0.6 is 0 Å². The van der Waals surface area contributed by atoms with Crippen LogP contribution in [0.5, 0.6) is 5.88 Å². The number of carbonyl (C=O) groups is 1. The van der Waals surface area contributed by atoms with Crippen LogP contribution < -0.4 is 15.4 Å². The number of carbonyl (C=O) groups excluding carboxylic acids is 1. The zero-order valence-electron chi connectivity index (χ0n) is 14.9. The summed E-state index contributed by atoms with van der Waals surface area (Å²) in [6, 6.07) is 10.2. The molecular weight excluding hydrogens is 375 g/mol. The van der Waals surface area contributed by atoms with Crippen LogP contribution in [-0.4, -0.2) is 47.5 Å². The molecule has 2 atom stereocenters. The van der Waals surface area contributed by atoms with Crippen molar-refractivity contribution in [1.29, 1.82) is 0 Å². The molecule has 9 heteroatoms. The average Bonchev–Trinajstić information content (AvgIpc) is 2.69. The van der Waals surface area contributed by atoms with Crippen molar-refractivity contribution in [3.63, 3.8) is 0 Å². The fourth-order valence-corrected chi connectivity index (χ4v) is 2.98. The lowest BCUT2D eigenvalue weighted by atomic mass is 9.93. The van der Waals surface area contributed by atoms with Crippen LogP contribution in [0.3, 0.4) is 0 Å². The maximum Gasteiger partial charge on any atom is 0.422 e. The standard InChI is InChI=1S/C19H20F3N3O3/c20-19(21,22)11-28-17-8-13(5-6-23-17)18(27)25-10-16(26)15-7-12-3-1-2-4-14(12)9-24-15/h1-6,8,15-16,24,26H,7,9-11H2,(H,25,27)/t15-,16?/m0/s1. The normalized spacial score (nSPS) is 17.5. The van der Waals surface area contributed by atoms with Gasteiger partial charge in [0.25, 0.3) is 5.91 Å². The predicted octanol–water partition coefficient (Wildman–Crippen LogP) is 1.83. The van der Waals surface area contributed by atoms with Crippen LogP contribution in [0.15, 0.2) is 42.6 Å². The van der Waals surface area contributed by atoms with Crippen molar-refractivity contribution in [2.75, 3.05) is 13.2 Å². The van der Waals surface area contributed by atoms with Gasteiger partial charge in [0.2, 0.25) is 5.88 Å². The Labute approximate surface area is 159 Å². The number of hydrogen-bond donors (Lipinski definition) is 3. The Morgan fingerprint density at radius 3 is 2.82 bits per heavy atom. The maximum atomic E-state index is 12.2. The van der Waals surface area contributed by atoms with Crippen LogP contribution in [-0.2, 0) is 13.0 Å². The predicted molar refractivity (Wildman–Crippen MR) is 94.9 cm³/mol. The van der Waals surface area contributed by atoms with Crippen LogP contribution in [0.2, 0.25) is 0 Å². The molecule has 0 aliphatic carbocycles. The van der Waals surface area contributed by atoms with Crippen molar-refractivity contribution in [2.45, 2.75) is 31.3 Å². The number of aliphatic hydroxyl groups excluding tert-OH is 1. The number of amides is 1. The number of nitrogens with zero attached hydrogens (tertiary/aromatic N) is 1. The highest BCUT2D eigenvalue weighted by molar-refractivity contribution is 5.94. The number of hydrogen-bond acceptors (Lipinski definition) is 5. The molecule has 1 aromatic heterocycles. The molecule has 0 fully saturated rings. The van der Waals surface area contributed by atoms with Crippen LogP contribution in [0.1, 0.15) is 21.5 Å². The molecule has 0 saturated heterocycles. The number of fused-ring (bicyclic) bond motifs is 1. The molecule has 1 unspecified atom stereocenters. The SMILES string of the molecule is O=C(NCC(O)[C@@H]1Cc2ccccc2CN1)c1ccnc(OCC(F)(F)F)c1. The van der Waals surface area contributed by atoms with Crippen molar-refractivity contribution >= 4 is 5.91 Å². The molecule has 1 aliphatic rings. The van der Waals surface area contributed by atoms with Crippen LogP contribution in [0, 0.1) is 0 Å². The van der Waals surface area contributed by atoms with Crippen molar-refractivity contribution in [3.8, 4) is 5.88 Å². The summed E-state index contributed by atoms with van der Waals surface area (Å²) in [5, 5.41) is 16.2. The summed E-state index contributed by atoms with van der Waals surface area (Å²) in [4.78, 5) is 15.9.